The highest BCUT2D eigenvalue weighted by molar-refractivity contribution is 5.94. The van der Waals surface area contributed by atoms with Crippen molar-refractivity contribution in [1.29, 1.82) is 5.41 Å². The second kappa shape index (κ2) is 7.09. The molecule has 0 bridgehead atoms. The monoisotopic (exact) mass is 284 g/mol. The summed E-state index contributed by atoms with van der Waals surface area (Å²) in [5.41, 5.74) is 6.88. The van der Waals surface area contributed by atoms with Gasteiger partial charge in [0.25, 0.3) is 6.47 Å². The fourth-order valence-corrected chi connectivity index (χ4v) is 1.85. The molecule has 2 aromatic rings. The van der Waals surface area contributed by atoms with E-state index in [-0.39, 0.29) is 12.4 Å². The minimum atomic E-state index is -0.462. The van der Waals surface area contributed by atoms with E-state index >= 15 is 0 Å². The fraction of sp³-hybridized carbons (Fsp3) is 0.125. The zero-order valence-corrected chi connectivity index (χ0v) is 11.4. The summed E-state index contributed by atoms with van der Waals surface area (Å²) in [6.45, 7) is 0.627. The molecule has 5 heteroatoms. The Balaban J connectivity index is 2.01. The van der Waals surface area contributed by atoms with E-state index < -0.39 is 6.10 Å². The summed E-state index contributed by atoms with van der Waals surface area (Å²) in [6.07, 6.45) is -0.462. The minimum absolute atomic E-state index is 0.00741. The average molecular weight is 284 g/mol. The molecule has 0 aliphatic carbocycles. The molecule has 0 radical (unpaired) electrons. The van der Waals surface area contributed by atoms with E-state index in [0.717, 1.165) is 5.56 Å². The third-order valence-corrected chi connectivity index (χ3v) is 2.96. The lowest BCUT2D eigenvalue weighted by molar-refractivity contribution is -0.135. The molecule has 2 rings (SSSR count). The van der Waals surface area contributed by atoms with Crippen molar-refractivity contribution in [3.05, 3.63) is 65.7 Å². The van der Waals surface area contributed by atoms with Gasteiger partial charge in [0.1, 0.15) is 18.2 Å². The van der Waals surface area contributed by atoms with Gasteiger partial charge < -0.3 is 15.2 Å². The third kappa shape index (κ3) is 4.07. The smallest absolute Gasteiger partial charge is 0.293 e. The number of rotatable bonds is 7. The molecule has 2 aromatic carbocycles. The predicted molar refractivity (Wildman–Crippen MR) is 79.3 cm³/mol. The van der Waals surface area contributed by atoms with Crippen LogP contribution in [-0.2, 0) is 9.53 Å². The van der Waals surface area contributed by atoms with Crippen LogP contribution in [0, 0.1) is 5.41 Å². The van der Waals surface area contributed by atoms with E-state index in [4.69, 9.17) is 20.6 Å². The molecular weight excluding hydrogens is 268 g/mol. The van der Waals surface area contributed by atoms with Gasteiger partial charge in [-0.3, -0.25) is 10.2 Å². The number of amidine groups is 1. The van der Waals surface area contributed by atoms with Crippen molar-refractivity contribution in [1.82, 2.24) is 0 Å². The molecule has 0 spiro atoms. The number of ether oxygens (including phenoxy) is 2. The Hall–Kier alpha value is -2.82. The van der Waals surface area contributed by atoms with Crippen molar-refractivity contribution in [2.24, 2.45) is 5.73 Å². The van der Waals surface area contributed by atoms with Crippen molar-refractivity contribution in [3.8, 4) is 5.75 Å². The maximum atomic E-state index is 10.6. The number of carbonyl (C=O) groups is 1. The predicted octanol–water partition coefficient (Wildman–Crippen LogP) is 2.26. The standard InChI is InChI=1S/C16H16N2O3/c17-16(18)13-6-8-14(9-7-13)20-10-15(21-11-19)12-4-2-1-3-5-12/h1-9,11,15H,10H2,(H3,17,18). The van der Waals surface area contributed by atoms with Crippen LogP contribution in [0.4, 0.5) is 0 Å². The van der Waals surface area contributed by atoms with E-state index in [9.17, 15) is 4.79 Å². The molecule has 1 atom stereocenters. The molecule has 0 aliphatic rings. The van der Waals surface area contributed by atoms with Crippen molar-refractivity contribution >= 4 is 12.3 Å². The lowest BCUT2D eigenvalue weighted by Crippen LogP contribution is -2.14. The molecule has 0 heterocycles. The Morgan fingerprint density at radius 3 is 2.38 bits per heavy atom. The van der Waals surface area contributed by atoms with Crippen molar-refractivity contribution in [3.63, 3.8) is 0 Å². The first-order valence-corrected chi connectivity index (χ1v) is 6.42. The minimum Gasteiger partial charge on any atom is -0.489 e. The summed E-state index contributed by atoms with van der Waals surface area (Å²) < 4.78 is 10.7. The highest BCUT2D eigenvalue weighted by Gasteiger charge is 2.13. The van der Waals surface area contributed by atoms with Crippen LogP contribution in [0.1, 0.15) is 17.2 Å². The van der Waals surface area contributed by atoms with E-state index in [0.29, 0.717) is 17.8 Å². The molecule has 0 aliphatic heterocycles. The maximum Gasteiger partial charge on any atom is 0.293 e. The first-order valence-electron chi connectivity index (χ1n) is 6.42. The molecule has 1 unspecified atom stereocenters. The number of benzene rings is 2. The summed E-state index contributed by atoms with van der Waals surface area (Å²) in [7, 11) is 0. The third-order valence-electron chi connectivity index (χ3n) is 2.96. The highest BCUT2D eigenvalue weighted by Crippen LogP contribution is 2.19. The zero-order valence-electron chi connectivity index (χ0n) is 11.4. The Labute approximate surface area is 122 Å². The van der Waals surface area contributed by atoms with Gasteiger partial charge in [0.2, 0.25) is 0 Å². The SMILES string of the molecule is N=C(N)c1ccc(OCC(OC=O)c2ccccc2)cc1. The van der Waals surface area contributed by atoms with Gasteiger partial charge >= 0.3 is 0 Å². The van der Waals surface area contributed by atoms with E-state index in [2.05, 4.69) is 0 Å². The molecule has 0 fully saturated rings. The van der Waals surface area contributed by atoms with E-state index in [1.807, 2.05) is 30.3 Å². The number of nitrogen functional groups attached to an aromatic ring is 1. The lowest BCUT2D eigenvalue weighted by Gasteiger charge is -2.16. The number of hydrogen-bond acceptors (Lipinski definition) is 4. The quantitative estimate of drug-likeness (QED) is 0.464. The van der Waals surface area contributed by atoms with Gasteiger partial charge in [-0.05, 0) is 29.8 Å². The van der Waals surface area contributed by atoms with Crippen molar-refractivity contribution in [2.75, 3.05) is 6.61 Å². The van der Waals surface area contributed by atoms with Crippen LogP contribution in [0.3, 0.4) is 0 Å². The molecule has 0 amide bonds. The van der Waals surface area contributed by atoms with Crippen molar-refractivity contribution in [2.45, 2.75) is 6.10 Å². The fourth-order valence-electron chi connectivity index (χ4n) is 1.85. The van der Waals surface area contributed by atoms with Gasteiger partial charge in [-0.25, -0.2) is 0 Å². The summed E-state index contributed by atoms with van der Waals surface area (Å²) >= 11 is 0. The number of hydrogen-bond donors (Lipinski definition) is 2. The normalized spacial score (nSPS) is 11.4. The van der Waals surface area contributed by atoms with Crippen LogP contribution < -0.4 is 10.5 Å². The topological polar surface area (TPSA) is 85.4 Å². The number of carbonyl (C=O) groups excluding carboxylic acids is 1. The number of nitrogens with one attached hydrogen (secondary N) is 1. The number of nitrogens with two attached hydrogens (primary N) is 1. The molecule has 0 saturated carbocycles. The zero-order chi connectivity index (χ0) is 15.1. The summed E-state index contributed by atoms with van der Waals surface area (Å²) in [6, 6.07) is 16.2. The molecule has 3 N–H and O–H groups in total. The highest BCUT2D eigenvalue weighted by atomic mass is 16.6. The van der Waals surface area contributed by atoms with E-state index in [1.54, 1.807) is 24.3 Å². The Kier molecular flexibility index (Phi) is 4.93. The summed E-state index contributed by atoms with van der Waals surface area (Å²) in [4.78, 5) is 10.6. The summed E-state index contributed by atoms with van der Waals surface area (Å²) in [5, 5.41) is 7.32. The molecule has 108 valence electrons. The Morgan fingerprint density at radius 1 is 1.14 bits per heavy atom. The first kappa shape index (κ1) is 14.6. The second-order valence-electron chi connectivity index (χ2n) is 4.38. The van der Waals surface area contributed by atoms with Gasteiger partial charge in [-0.2, -0.15) is 0 Å². The van der Waals surface area contributed by atoms with Crippen LogP contribution in [-0.4, -0.2) is 18.9 Å². The van der Waals surface area contributed by atoms with Gasteiger partial charge in [0.15, 0.2) is 6.10 Å². The van der Waals surface area contributed by atoms with Crippen LogP contribution in [0.5, 0.6) is 5.75 Å². The first-order chi connectivity index (χ1) is 10.2. The Morgan fingerprint density at radius 2 is 1.81 bits per heavy atom. The molecule has 21 heavy (non-hydrogen) atoms. The van der Waals surface area contributed by atoms with Gasteiger partial charge in [0, 0.05) is 5.56 Å². The second-order valence-corrected chi connectivity index (χ2v) is 4.38. The Bertz CT molecular complexity index is 597. The maximum absolute atomic E-state index is 10.6. The van der Waals surface area contributed by atoms with E-state index in [1.165, 1.54) is 0 Å². The molecule has 0 aromatic heterocycles. The average Bonchev–Trinajstić information content (AvgIpc) is 2.52. The lowest BCUT2D eigenvalue weighted by atomic mass is 10.1. The van der Waals surface area contributed by atoms with Crippen LogP contribution in [0.15, 0.2) is 54.6 Å². The summed E-state index contributed by atoms with van der Waals surface area (Å²) in [5.74, 6) is 0.628. The molecule has 5 nitrogen and oxygen atoms in total. The largest absolute Gasteiger partial charge is 0.489 e. The molecular formula is C16H16N2O3. The molecule has 0 saturated heterocycles. The van der Waals surface area contributed by atoms with Gasteiger partial charge in [-0.1, -0.05) is 30.3 Å². The van der Waals surface area contributed by atoms with Crippen LogP contribution in [0.2, 0.25) is 0 Å². The van der Waals surface area contributed by atoms with Gasteiger partial charge in [-0.15, -0.1) is 0 Å². The van der Waals surface area contributed by atoms with Crippen molar-refractivity contribution < 1.29 is 14.3 Å². The van der Waals surface area contributed by atoms with Crippen LogP contribution >= 0.6 is 0 Å². The van der Waals surface area contributed by atoms with Gasteiger partial charge in [0.05, 0.1) is 0 Å². The van der Waals surface area contributed by atoms with Crippen LogP contribution in [0.25, 0.3) is 0 Å².